The van der Waals surface area contributed by atoms with Crippen molar-refractivity contribution in [2.75, 3.05) is 40.4 Å². The molecule has 8 aliphatic heterocycles. The Morgan fingerprint density at radius 1 is 0.556 bits per heavy atom. The summed E-state index contributed by atoms with van der Waals surface area (Å²) >= 11 is 14.6. The Morgan fingerprint density at radius 2 is 1.17 bits per heavy atom. The number of halogens is 2. The molecule has 18 atom stereocenters. The molecular weight excluding hydrogens is 1680 g/mol. The van der Waals surface area contributed by atoms with Gasteiger partial charge in [-0.25, -0.2) is 0 Å². The number of fused-ring (bicyclic) bond motifs is 14. The molecule has 0 radical (unpaired) electrons. The number of carbonyl (C=O) groups is 8. The third-order valence-corrected chi connectivity index (χ3v) is 23.7. The number of nitrogens with one attached hydrogen (secondary N) is 6. The molecule has 20 N–H and O–H groups in total. The summed E-state index contributed by atoms with van der Waals surface area (Å²) < 4.78 is 45.0. The summed E-state index contributed by atoms with van der Waals surface area (Å²) in [6.45, 7) is 2.76. The summed E-state index contributed by atoms with van der Waals surface area (Å²) in [7, 11) is 3.55. The number of carbonyl (C=O) groups excluding carboxylic acids is 8. The van der Waals surface area contributed by atoms with Crippen LogP contribution in [0.3, 0.4) is 0 Å². The first-order valence-electron chi connectivity index (χ1n) is 41.5. The smallest absolute Gasteiger partial charge is 0.247 e. The van der Waals surface area contributed by atoms with Crippen LogP contribution in [0.25, 0.3) is 11.1 Å². The number of benzene rings is 7. The fraction of sp³-hybridized carbons (Fsp3) is 0.438. The van der Waals surface area contributed by atoms with Crippen molar-refractivity contribution in [2.24, 2.45) is 11.7 Å². The van der Waals surface area contributed by atoms with Crippen LogP contribution in [-0.2, 0) is 54.3 Å². The van der Waals surface area contributed by atoms with E-state index >= 15 is 28.8 Å². The van der Waals surface area contributed by atoms with E-state index in [0.717, 1.165) is 86.7 Å². The fourth-order valence-corrected chi connectivity index (χ4v) is 16.7. The van der Waals surface area contributed by atoms with Gasteiger partial charge in [-0.2, -0.15) is 0 Å². The van der Waals surface area contributed by atoms with E-state index in [1.165, 1.54) is 60.7 Å². The number of ether oxygens (including phenoxy) is 7. The Kier molecular flexibility index (Phi) is 29.7. The average Bonchev–Trinajstić information content (AvgIpc) is 0.755. The topological polar surface area (TPSA) is 545 Å². The highest BCUT2D eigenvalue weighted by atomic mass is 35.5. The largest absolute Gasteiger partial charge is 0.508 e. The Hall–Kier alpha value is -11.0. The van der Waals surface area contributed by atoms with Gasteiger partial charge in [-0.15, -0.1) is 0 Å². The summed E-state index contributed by atoms with van der Waals surface area (Å²) in [6.07, 6.45) is -15.8. The number of aliphatic hydroxyl groups excluding tert-OH is 8. The van der Waals surface area contributed by atoms with Gasteiger partial charge in [-0.1, -0.05) is 99.8 Å². The standard InChI is InChI=1S/C89H102Cl2N8O27/c1-40(2)12-9-7-5-6-8-10-13-69(108)95-75-79(112)77(110)67(38-100)124-88(75)126-82-65-31-46-32-66(82)122-62-21-17-44(29-55(62)91)76(109)74-87(119)97-73(86(118)93-22-11-23-99(3)4)53-34-48(103)35-64(123-89-81(114)80(113)78(111)68(39-101)125-89)70(53)52-28-42(15-18-57(52)104)50(83(115)98-74)37-60(107)72(46)96-84(116)51-36-59(106)56(25-41-14-20-61(121-65)54(90)24-41)94-85(117)71(92)43-16-19-58(105)63(30-43)120-49-27-45(51)26-47(102)33-49/h14-21,24,26-35,40,50-51,56,67-68,71-81,88-89,100-105,109-114H,5-13,22-23,25,36-39,92H2,1-4H3,(H,93,118)(H,94,117)(H,95,108)(H,96,116)(H,97,119)(H,98,115)/t50-,51+,56-,67?,68+,71-,72-,73+,74+,75?,76-,77-,78+,79-,80?,81?,88+,89-/m1/s1. The summed E-state index contributed by atoms with van der Waals surface area (Å²) in [4.78, 5) is 127. The van der Waals surface area contributed by atoms with Crippen molar-refractivity contribution in [3.8, 4) is 80.1 Å². The van der Waals surface area contributed by atoms with Gasteiger partial charge in [0.25, 0.3) is 0 Å². The van der Waals surface area contributed by atoms with Crippen molar-refractivity contribution in [1.82, 2.24) is 36.8 Å². The molecule has 0 aromatic heterocycles. The number of nitrogens with zero attached hydrogens (tertiary/aromatic N) is 1. The molecule has 8 aliphatic rings. The van der Waals surface area contributed by atoms with Crippen LogP contribution in [-0.4, -0.2) is 227 Å². The Morgan fingerprint density at radius 3 is 1.87 bits per heavy atom. The van der Waals surface area contributed by atoms with E-state index in [1.807, 2.05) is 4.90 Å². The van der Waals surface area contributed by atoms with Crippen molar-refractivity contribution in [1.29, 1.82) is 0 Å². The highest BCUT2D eigenvalue weighted by molar-refractivity contribution is 6.32. The first-order chi connectivity index (χ1) is 60.1. The van der Waals surface area contributed by atoms with Crippen LogP contribution in [0, 0.1) is 5.92 Å². The molecule has 7 aromatic carbocycles. The second kappa shape index (κ2) is 40.3. The predicted octanol–water partition coefficient (Wildman–Crippen LogP) is 5.59. The number of Topliss-reactive ketones (excluding diaryl/α,β-unsaturated/α-hetero) is 2. The third kappa shape index (κ3) is 21.1. The number of phenols is 4. The first kappa shape index (κ1) is 92.7. The average molecular weight is 1790 g/mol. The van der Waals surface area contributed by atoms with Crippen molar-refractivity contribution in [3.63, 3.8) is 0 Å². The molecule has 0 spiro atoms. The van der Waals surface area contributed by atoms with Crippen LogP contribution in [0.15, 0.2) is 115 Å². The number of unbranched alkanes of at least 4 members (excludes halogenated alkanes) is 5. The number of aliphatic hydroxyl groups is 8. The Bertz CT molecular complexity index is 5230. The summed E-state index contributed by atoms with van der Waals surface area (Å²) in [5.41, 5.74) is 4.59. The van der Waals surface area contributed by atoms with Gasteiger partial charge in [0.15, 0.2) is 34.6 Å². The molecule has 15 rings (SSSR count). The van der Waals surface area contributed by atoms with Gasteiger partial charge in [-0.3, -0.25) is 38.4 Å². The molecule has 35 nitrogen and oxygen atoms in total. The molecule has 8 heterocycles. The second-order valence-electron chi connectivity index (χ2n) is 33.0. The zero-order chi connectivity index (χ0) is 90.4. The minimum Gasteiger partial charge on any atom is -0.508 e. The van der Waals surface area contributed by atoms with Crippen LogP contribution < -0.4 is 61.3 Å². The first-order valence-corrected chi connectivity index (χ1v) is 42.2. The van der Waals surface area contributed by atoms with Crippen LogP contribution in [0.2, 0.25) is 10.0 Å². The van der Waals surface area contributed by atoms with E-state index in [2.05, 4.69) is 45.7 Å². The van der Waals surface area contributed by atoms with Gasteiger partial charge in [-0.05, 0) is 164 Å². The van der Waals surface area contributed by atoms with Crippen LogP contribution in [0.4, 0.5) is 0 Å². The SMILES string of the molecule is CC(C)CCCCCCCCC(=O)NC1[C@H](Oc2c3cc4cc2Oc2ccc(cc2Cl)[C@@H](O)[C@@H]2NC(=O)[C@H](CC(=O)[C@@H]4NC(=O)[C@H]4CC(=O)[C@@H](Cc5ccc(c(Cl)c5)O3)NC(=O)[C@H](N)c3ccc(O)c(c3)Oc3cc(O)cc4c3)c3ccc(O)c(c3)-c3c(O[C@@H]4O[C@@H](CO)[C@H](O)C(O)C4O)cc(O)cc3[C@@H](C(=O)NCCCN(C)C)NC2=O)OC(CO)[C@@H](O)[C@@H]1O. The van der Waals surface area contributed by atoms with Gasteiger partial charge in [0.2, 0.25) is 53.8 Å². The maximum Gasteiger partial charge on any atom is 0.247 e. The van der Waals surface area contributed by atoms with E-state index in [-0.39, 0.29) is 80.8 Å². The van der Waals surface area contributed by atoms with E-state index < -0.39 is 250 Å². The number of aromatic hydroxyl groups is 4. The molecule has 17 bridgehead atoms. The number of hydrogen-bond acceptors (Lipinski definition) is 29. The van der Waals surface area contributed by atoms with E-state index in [0.29, 0.717) is 31.7 Å². The fourth-order valence-electron chi connectivity index (χ4n) is 16.2. The Labute approximate surface area is 733 Å². The number of amides is 6. The lowest BCUT2D eigenvalue weighted by atomic mass is 9.84. The number of rotatable bonds is 21. The van der Waals surface area contributed by atoms with Gasteiger partial charge < -0.3 is 137 Å². The van der Waals surface area contributed by atoms with Crippen molar-refractivity contribution in [3.05, 3.63) is 164 Å². The summed E-state index contributed by atoms with van der Waals surface area (Å²) in [6, 6.07) is 11.0. The molecule has 6 amide bonds. The molecule has 0 aliphatic carbocycles. The lowest BCUT2D eigenvalue weighted by Crippen LogP contribution is -2.65. The predicted molar refractivity (Wildman–Crippen MR) is 450 cm³/mol. The summed E-state index contributed by atoms with van der Waals surface area (Å²) in [5, 5.41) is 154. The molecule has 37 heteroatoms. The number of ketones is 2. The van der Waals surface area contributed by atoms with Crippen LogP contribution >= 0.6 is 23.2 Å². The van der Waals surface area contributed by atoms with Crippen LogP contribution in [0.1, 0.15) is 159 Å². The van der Waals surface area contributed by atoms with Crippen molar-refractivity contribution in [2.45, 2.75) is 200 Å². The maximum atomic E-state index is 16.9. The molecule has 126 heavy (non-hydrogen) atoms. The number of phenolic OH excluding ortho intramolecular Hbond substituents is 4. The number of nitrogens with two attached hydrogens (primary N) is 1. The highest BCUT2D eigenvalue weighted by Crippen LogP contribution is 2.51. The molecule has 0 saturated carbocycles. The lowest BCUT2D eigenvalue weighted by molar-refractivity contribution is -0.277. The second-order valence-corrected chi connectivity index (χ2v) is 33.8. The molecule has 674 valence electrons. The Balaban J connectivity index is 1.04. The minimum absolute atomic E-state index is 0.0710. The molecule has 2 saturated heterocycles. The monoisotopic (exact) mass is 1780 g/mol. The van der Waals surface area contributed by atoms with Crippen LogP contribution in [0.5, 0.6) is 69.0 Å². The third-order valence-electron chi connectivity index (χ3n) is 23.1. The van der Waals surface area contributed by atoms with Gasteiger partial charge in [0, 0.05) is 49.1 Å². The lowest BCUT2D eigenvalue weighted by Gasteiger charge is -2.42. The zero-order valence-corrected chi connectivity index (χ0v) is 70.5. The molecule has 7 aromatic rings. The van der Waals surface area contributed by atoms with E-state index in [9.17, 15) is 70.9 Å². The van der Waals surface area contributed by atoms with Gasteiger partial charge >= 0.3 is 0 Å². The quantitative estimate of drug-likeness (QED) is 0.0390. The van der Waals surface area contributed by atoms with E-state index in [1.54, 1.807) is 14.1 Å². The molecular formula is C89H102Cl2N8O27. The molecule has 4 unspecified atom stereocenters. The zero-order valence-electron chi connectivity index (χ0n) is 69.0. The van der Waals surface area contributed by atoms with Gasteiger partial charge in [0.1, 0.15) is 119 Å². The normalized spacial score (nSPS) is 26.2. The van der Waals surface area contributed by atoms with E-state index in [4.69, 9.17) is 62.1 Å². The van der Waals surface area contributed by atoms with Gasteiger partial charge in [0.05, 0.1) is 41.1 Å². The number of hydrogen-bond donors (Lipinski definition) is 19. The molecule has 2 fully saturated rings. The summed E-state index contributed by atoms with van der Waals surface area (Å²) in [5.74, 6) is -17.8. The highest BCUT2D eigenvalue weighted by Gasteiger charge is 2.50. The van der Waals surface area contributed by atoms with Crippen molar-refractivity contribution < 1.29 is 133 Å². The van der Waals surface area contributed by atoms with Crippen molar-refractivity contribution >= 4 is 70.2 Å². The maximum absolute atomic E-state index is 16.9. The minimum atomic E-state index is -2.28.